The van der Waals surface area contributed by atoms with Gasteiger partial charge >= 0.3 is 0 Å². The average Bonchev–Trinajstić information content (AvgIpc) is 2.53. The van der Waals surface area contributed by atoms with E-state index in [0.29, 0.717) is 6.42 Å². The first-order valence-corrected chi connectivity index (χ1v) is 7.42. The van der Waals surface area contributed by atoms with E-state index in [4.69, 9.17) is 4.74 Å². The van der Waals surface area contributed by atoms with Crippen LogP contribution in [0.25, 0.3) is 6.08 Å². The third kappa shape index (κ3) is 4.08. The Kier molecular flexibility index (Phi) is 5.16. The van der Waals surface area contributed by atoms with Gasteiger partial charge in [0.25, 0.3) is 0 Å². The van der Waals surface area contributed by atoms with E-state index < -0.39 is 0 Å². The van der Waals surface area contributed by atoms with E-state index in [9.17, 15) is 4.79 Å². The van der Waals surface area contributed by atoms with Crippen molar-refractivity contribution in [1.82, 2.24) is 0 Å². The topological polar surface area (TPSA) is 26.3 Å². The molecule has 0 N–H and O–H groups in total. The monoisotopic (exact) mass is 294 g/mol. The Morgan fingerprint density at radius 3 is 2.27 bits per heavy atom. The maximum absolute atomic E-state index is 11.7. The van der Waals surface area contributed by atoms with Gasteiger partial charge in [0.15, 0.2) is 0 Å². The highest BCUT2D eigenvalue weighted by atomic mass is 16.5. The standard InChI is InChI=1S/C20H22O2/c1-16(21)15-20(2,14-13-17-7-5-4-6-8-17)18-9-11-19(22-3)12-10-18/h4-14H,15H2,1-3H3/b14-13+/t20-/m1/s1. The fraction of sp³-hybridized carbons (Fsp3) is 0.250. The van der Waals surface area contributed by atoms with Gasteiger partial charge in [-0.2, -0.15) is 0 Å². The van der Waals surface area contributed by atoms with E-state index in [2.05, 4.69) is 31.2 Å². The molecule has 0 aliphatic carbocycles. The number of benzene rings is 2. The summed E-state index contributed by atoms with van der Waals surface area (Å²) in [6, 6.07) is 18.0. The van der Waals surface area contributed by atoms with Crippen LogP contribution in [0.1, 0.15) is 31.4 Å². The molecule has 2 aromatic carbocycles. The average molecular weight is 294 g/mol. The molecule has 0 bridgehead atoms. The number of hydrogen-bond acceptors (Lipinski definition) is 2. The molecule has 0 aromatic heterocycles. The number of methoxy groups -OCH3 is 1. The molecule has 2 nitrogen and oxygen atoms in total. The molecule has 0 saturated heterocycles. The van der Waals surface area contributed by atoms with Crippen LogP contribution in [0, 0.1) is 0 Å². The van der Waals surface area contributed by atoms with E-state index in [1.165, 1.54) is 0 Å². The van der Waals surface area contributed by atoms with Crippen LogP contribution >= 0.6 is 0 Å². The lowest BCUT2D eigenvalue weighted by Gasteiger charge is -2.26. The first-order chi connectivity index (χ1) is 10.5. The Morgan fingerprint density at radius 2 is 1.73 bits per heavy atom. The third-order valence-electron chi connectivity index (χ3n) is 3.81. The minimum absolute atomic E-state index is 0.177. The van der Waals surface area contributed by atoms with Gasteiger partial charge in [-0.25, -0.2) is 0 Å². The smallest absolute Gasteiger partial charge is 0.131 e. The molecule has 0 radical (unpaired) electrons. The molecule has 2 aromatic rings. The second-order valence-corrected chi connectivity index (χ2v) is 5.77. The Hall–Kier alpha value is -2.35. The van der Waals surface area contributed by atoms with Crippen LogP contribution < -0.4 is 4.74 Å². The highest BCUT2D eigenvalue weighted by Gasteiger charge is 2.25. The molecule has 2 heteroatoms. The lowest BCUT2D eigenvalue weighted by molar-refractivity contribution is -0.117. The zero-order valence-corrected chi connectivity index (χ0v) is 13.4. The molecular weight excluding hydrogens is 272 g/mol. The molecule has 0 fully saturated rings. The van der Waals surface area contributed by atoms with Crippen LogP contribution in [0.5, 0.6) is 5.75 Å². The lowest BCUT2D eigenvalue weighted by atomic mass is 9.77. The number of rotatable bonds is 6. The predicted molar refractivity (Wildman–Crippen MR) is 91.1 cm³/mol. The Morgan fingerprint density at radius 1 is 1.09 bits per heavy atom. The van der Waals surface area contributed by atoms with E-state index in [1.807, 2.05) is 42.5 Å². The van der Waals surface area contributed by atoms with Crippen molar-refractivity contribution < 1.29 is 9.53 Å². The van der Waals surface area contributed by atoms with Crippen molar-refractivity contribution in [3.8, 4) is 5.75 Å². The van der Waals surface area contributed by atoms with E-state index in [0.717, 1.165) is 16.9 Å². The lowest BCUT2D eigenvalue weighted by Crippen LogP contribution is -2.22. The van der Waals surface area contributed by atoms with Crippen LogP contribution in [0.2, 0.25) is 0 Å². The molecule has 0 spiro atoms. The van der Waals surface area contributed by atoms with E-state index in [1.54, 1.807) is 14.0 Å². The molecule has 0 saturated carbocycles. The van der Waals surface area contributed by atoms with Gasteiger partial charge in [-0.3, -0.25) is 4.79 Å². The minimum atomic E-state index is -0.325. The number of carbonyl (C=O) groups excluding carboxylic acids is 1. The summed E-state index contributed by atoms with van der Waals surface area (Å²) < 4.78 is 5.21. The van der Waals surface area contributed by atoms with Crippen LogP contribution in [-0.2, 0) is 10.2 Å². The van der Waals surface area contributed by atoms with E-state index >= 15 is 0 Å². The van der Waals surface area contributed by atoms with Crippen molar-refractivity contribution in [3.63, 3.8) is 0 Å². The first kappa shape index (κ1) is 16.0. The first-order valence-electron chi connectivity index (χ1n) is 7.42. The summed E-state index contributed by atoms with van der Waals surface area (Å²) in [5, 5.41) is 0. The zero-order valence-electron chi connectivity index (χ0n) is 13.4. The molecule has 0 heterocycles. The van der Waals surface area contributed by atoms with Crippen molar-refractivity contribution in [2.75, 3.05) is 7.11 Å². The molecule has 114 valence electrons. The van der Waals surface area contributed by atoms with Crippen LogP contribution in [0.4, 0.5) is 0 Å². The van der Waals surface area contributed by atoms with Gasteiger partial charge in [-0.1, -0.05) is 61.5 Å². The number of ether oxygens (including phenoxy) is 1. The summed E-state index contributed by atoms with van der Waals surface area (Å²) in [5.41, 5.74) is 1.91. The van der Waals surface area contributed by atoms with Gasteiger partial charge < -0.3 is 4.74 Å². The van der Waals surface area contributed by atoms with Crippen LogP contribution in [0.15, 0.2) is 60.7 Å². The minimum Gasteiger partial charge on any atom is -0.497 e. The quantitative estimate of drug-likeness (QED) is 0.775. The summed E-state index contributed by atoms with van der Waals surface area (Å²) in [6.45, 7) is 3.73. The predicted octanol–water partition coefficient (Wildman–Crippen LogP) is 4.65. The number of ketones is 1. The van der Waals surface area contributed by atoms with Gasteiger partial charge in [0, 0.05) is 11.8 Å². The van der Waals surface area contributed by atoms with Gasteiger partial charge in [0.05, 0.1) is 7.11 Å². The summed E-state index contributed by atoms with van der Waals surface area (Å²) in [7, 11) is 1.65. The summed E-state index contributed by atoms with van der Waals surface area (Å²) in [4.78, 5) is 11.7. The molecule has 1 atom stereocenters. The fourth-order valence-corrected chi connectivity index (χ4v) is 2.59. The number of Topliss-reactive ketones (excluding diaryl/α,β-unsaturated/α-hetero) is 1. The van der Waals surface area contributed by atoms with Gasteiger partial charge in [-0.15, -0.1) is 0 Å². The number of hydrogen-bond donors (Lipinski definition) is 0. The maximum Gasteiger partial charge on any atom is 0.131 e. The molecular formula is C20H22O2. The zero-order chi connectivity index (χ0) is 16.0. The molecule has 0 aliphatic rings. The largest absolute Gasteiger partial charge is 0.497 e. The van der Waals surface area contributed by atoms with Crippen LogP contribution in [0.3, 0.4) is 0 Å². The van der Waals surface area contributed by atoms with Crippen molar-refractivity contribution in [1.29, 1.82) is 0 Å². The maximum atomic E-state index is 11.7. The molecule has 0 aliphatic heterocycles. The fourth-order valence-electron chi connectivity index (χ4n) is 2.59. The molecule has 0 unspecified atom stereocenters. The van der Waals surface area contributed by atoms with E-state index in [-0.39, 0.29) is 11.2 Å². The van der Waals surface area contributed by atoms with Crippen molar-refractivity contribution in [2.24, 2.45) is 0 Å². The second-order valence-electron chi connectivity index (χ2n) is 5.77. The van der Waals surface area contributed by atoms with Crippen molar-refractivity contribution >= 4 is 11.9 Å². The summed E-state index contributed by atoms with van der Waals surface area (Å²) >= 11 is 0. The number of carbonyl (C=O) groups is 1. The highest BCUT2D eigenvalue weighted by molar-refractivity contribution is 5.78. The van der Waals surface area contributed by atoms with Gasteiger partial charge in [-0.05, 0) is 30.2 Å². The number of allylic oxidation sites excluding steroid dienone is 1. The van der Waals surface area contributed by atoms with Crippen molar-refractivity contribution in [3.05, 3.63) is 71.8 Å². The van der Waals surface area contributed by atoms with Crippen LogP contribution in [-0.4, -0.2) is 12.9 Å². The SMILES string of the molecule is COc1ccc([C@](C)(/C=C/c2ccccc2)CC(C)=O)cc1. The third-order valence-corrected chi connectivity index (χ3v) is 3.81. The molecule has 0 amide bonds. The summed E-state index contributed by atoms with van der Waals surface area (Å²) in [6.07, 6.45) is 4.67. The Bertz CT molecular complexity index is 641. The normalized spacial score (nSPS) is 13.8. The second kappa shape index (κ2) is 7.08. The Balaban J connectivity index is 2.34. The van der Waals surface area contributed by atoms with Crippen molar-refractivity contribution in [2.45, 2.75) is 25.7 Å². The van der Waals surface area contributed by atoms with Gasteiger partial charge in [0.1, 0.15) is 11.5 Å². The van der Waals surface area contributed by atoms with Gasteiger partial charge in [0.2, 0.25) is 0 Å². The Labute approximate surface area is 132 Å². The molecule has 22 heavy (non-hydrogen) atoms. The molecule has 2 rings (SSSR count). The summed E-state index contributed by atoms with van der Waals surface area (Å²) in [5.74, 6) is 0.997. The highest BCUT2D eigenvalue weighted by Crippen LogP contribution is 2.31.